The van der Waals surface area contributed by atoms with Gasteiger partial charge < -0.3 is 19.1 Å². The van der Waals surface area contributed by atoms with E-state index in [4.69, 9.17) is 19.2 Å². The molecule has 1 saturated heterocycles. The standard InChI is InChI=1S/C27H24N4O5S/c32-25(30-9-11-34-12-10-30)17-31(26(33)20-2-4-22-23(15-20)36-14-13-35-22)27-29-21-3-1-19(16-24(21)37-27)18-5-7-28-8-6-18/h1-8,15-16H,9-14,17H2. The Labute approximate surface area is 217 Å². The van der Waals surface area contributed by atoms with E-state index in [1.807, 2.05) is 30.3 Å². The number of nitrogens with zero attached hydrogens (tertiary/aromatic N) is 4. The summed E-state index contributed by atoms with van der Waals surface area (Å²) < 4.78 is 17.6. The van der Waals surface area contributed by atoms with Gasteiger partial charge in [0.2, 0.25) is 5.91 Å². The summed E-state index contributed by atoms with van der Waals surface area (Å²) in [5.41, 5.74) is 3.23. The molecule has 2 aromatic heterocycles. The average molecular weight is 517 g/mol. The van der Waals surface area contributed by atoms with E-state index in [9.17, 15) is 9.59 Å². The van der Waals surface area contributed by atoms with Gasteiger partial charge in [0.15, 0.2) is 16.6 Å². The van der Waals surface area contributed by atoms with Gasteiger partial charge in [-0.15, -0.1) is 0 Å². The van der Waals surface area contributed by atoms with Crippen molar-refractivity contribution in [3.8, 4) is 22.6 Å². The lowest BCUT2D eigenvalue weighted by Gasteiger charge is -2.29. The SMILES string of the molecule is O=C(CN(C(=O)c1ccc2c(c1)OCCO2)c1nc2ccc(-c3ccncc3)cc2s1)N1CCOCC1. The van der Waals surface area contributed by atoms with Crippen LogP contribution in [0, 0.1) is 0 Å². The fourth-order valence-corrected chi connectivity index (χ4v) is 5.36. The molecular formula is C27H24N4O5S. The second kappa shape index (κ2) is 10.2. The summed E-state index contributed by atoms with van der Waals surface area (Å²) in [4.78, 5) is 39.0. The van der Waals surface area contributed by atoms with Gasteiger partial charge in [0.1, 0.15) is 19.8 Å². The zero-order valence-electron chi connectivity index (χ0n) is 20.0. The van der Waals surface area contributed by atoms with Gasteiger partial charge in [-0.1, -0.05) is 17.4 Å². The molecule has 2 aliphatic heterocycles. The van der Waals surface area contributed by atoms with Crippen LogP contribution in [0.3, 0.4) is 0 Å². The van der Waals surface area contributed by atoms with Crippen LogP contribution in [0.2, 0.25) is 0 Å². The second-order valence-corrected chi connectivity index (χ2v) is 9.67. The average Bonchev–Trinajstić information content (AvgIpc) is 3.39. The van der Waals surface area contributed by atoms with Crippen molar-refractivity contribution >= 4 is 38.5 Å². The van der Waals surface area contributed by atoms with E-state index in [1.165, 1.54) is 16.2 Å². The van der Waals surface area contributed by atoms with Crippen LogP contribution in [0.1, 0.15) is 10.4 Å². The Morgan fingerprint density at radius 2 is 1.68 bits per heavy atom. The van der Waals surface area contributed by atoms with Gasteiger partial charge in [0.05, 0.1) is 23.4 Å². The zero-order valence-corrected chi connectivity index (χ0v) is 20.8. The molecule has 0 N–H and O–H groups in total. The molecule has 188 valence electrons. The van der Waals surface area contributed by atoms with Crippen LogP contribution >= 0.6 is 11.3 Å². The van der Waals surface area contributed by atoms with Crippen LogP contribution in [0.4, 0.5) is 5.13 Å². The molecule has 9 nitrogen and oxygen atoms in total. The van der Waals surface area contributed by atoms with Crippen molar-refractivity contribution in [3.63, 3.8) is 0 Å². The van der Waals surface area contributed by atoms with Crippen LogP contribution in [0.5, 0.6) is 11.5 Å². The van der Waals surface area contributed by atoms with Gasteiger partial charge in [0.25, 0.3) is 5.91 Å². The monoisotopic (exact) mass is 516 g/mol. The molecule has 0 spiro atoms. The van der Waals surface area contributed by atoms with E-state index in [1.54, 1.807) is 35.5 Å². The molecule has 2 aromatic carbocycles. The summed E-state index contributed by atoms with van der Waals surface area (Å²) in [6.45, 7) is 2.74. The molecule has 0 radical (unpaired) electrons. The van der Waals surface area contributed by atoms with Crippen molar-refractivity contribution in [1.29, 1.82) is 0 Å². The first-order chi connectivity index (χ1) is 18.2. The number of rotatable bonds is 5. The molecule has 6 rings (SSSR count). The van der Waals surface area contributed by atoms with E-state index < -0.39 is 0 Å². The predicted octanol–water partition coefficient (Wildman–Crippen LogP) is 3.64. The summed E-state index contributed by atoms with van der Waals surface area (Å²) in [5, 5.41) is 0.461. The number of ether oxygens (including phenoxy) is 3. The molecule has 0 aliphatic carbocycles. The van der Waals surface area contributed by atoms with E-state index in [2.05, 4.69) is 4.98 Å². The Morgan fingerprint density at radius 3 is 2.49 bits per heavy atom. The molecule has 1 fully saturated rings. The second-order valence-electron chi connectivity index (χ2n) is 8.66. The number of carbonyl (C=O) groups excluding carboxylic acids is 2. The Hall–Kier alpha value is -4.02. The van der Waals surface area contributed by atoms with Crippen LogP contribution in [-0.4, -0.2) is 72.7 Å². The molecule has 0 unspecified atom stereocenters. The van der Waals surface area contributed by atoms with E-state index >= 15 is 0 Å². The Balaban J connectivity index is 1.35. The maximum absolute atomic E-state index is 13.8. The molecule has 2 amide bonds. The lowest BCUT2D eigenvalue weighted by Crippen LogP contribution is -2.47. The molecule has 2 aliphatic rings. The van der Waals surface area contributed by atoms with Crippen molar-refractivity contribution in [2.45, 2.75) is 0 Å². The molecule has 0 atom stereocenters. The molecule has 0 saturated carbocycles. The van der Waals surface area contributed by atoms with Gasteiger partial charge >= 0.3 is 0 Å². The lowest BCUT2D eigenvalue weighted by molar-refractivity contribution is -0.133. The van der Waals surface area contributed by atoms with Gasteiger partial charge in [-0.05, 0) is 53.6 Å². The van der Waals surface area contributed by atoms with Gasteiger partial charge in [0, 0.05) is 31.0 Å². The van der Waals surface area contributed by atoms with Crippen molar-refractivity contribution in [2.75, 3.05) is 51.0 Å². The van der Waals surface area contributed by atoms with E-state index in [0.717, 1.165) is 21.3 Å². The minimum atomic E-state index is -0.327. The van der Waals surface area contributed by atoms with E-state index in [0.29, 0.717) is 61.7 Å². The smallest absolute Gasteiger partial charge is 0.260 e. The largest absolute Gasteiger partial charge is 0.486 e. The van der Waals surface area contributed by atoms with Gasteiger partial charge in [-0.3, -0.25) is 19.5 Å². The highest BCUT2D eigenvalue weighted by atomic mass is 32.1. The topological polar surface area (TPSA) is 94.1 Å². The van der Waals surface area contributed by atoms with Crippen molar-refractivity contribution < 1.29 is 23.8 Å². The number of pyridine rings is 1. The number of anilines is 1. The molecule has 10 heteroatoms. The minimum Gasteiger partial charge on any atom is -0.486 e. The van der Waals surface area contributed by atoms with Crippen LogP contribution in [0.15, 0.2) is 60.9 Å². The Bertz CT molecular complexity index is 1450. The number of amides is 2. The summed E-state index contributed by atoms with van der Waals surface area (Å²) >= 11 is 1.38. The fourth-order valence-electron chi connectivity index (χ4n) is 4.36. The third kappa shape index (κ3) is 4.85. The summed E-state index contributed by atoms with van der Waals surface area (Å²) in [6.07, 6.45) is 3.51. The number of hydrogen-bond acceptors (Lipinski definition) is 8. The molecular weight excluding hydrogens is 492 g/mol. The van der Waals surface area contributed by atoms with Crippen molar-refractivity contribution in [1.82, 2.24) is 14.9 Å². The predicted molar refractivity (Wildman–Crippen MR) is 139 cm³/mol. The third-order valence-corrected chi connectivity index (χ3v) is 7.35. The van der Waals surface area contributed by atoms with Crippen LogP contribution in [0.25, 0.3) is 21.3 Å². The summed E-state index contributed by atoms with van der Waals surface area (Å²) in [7, 11) is 0. The fraction of sp³-hybridized carbons (Fsp3) is 0.259. The molecule has 0 bridgehead atoms. The number of fused-ring (bicyclic) bond motifs is 2. The maximum Gasteiger partial charge on any atom is 0.260 e. The quantitative estimate of drug-likeness (QED) is 0.400. The molecule has 4 heterocycles. The maximum atomic E-state index is 13.8. The van der Waals surface area contributed by atoms with Crippen LogP contribution < -0.4 is 14.4 Å². The van der Waals surface area contributed by atoms with Gasteiger partial charge in [-0.25, -0.2) is 4.98 Å². The number of thiazole rings is 1. The molecule has 4 aromatic rings. The number of aromatic nitrogens is 2. The van der Waals surface area contributed by atoms with Crippen molar-refractivity contribution in [3.05, 3.63) is 66.5 Å². The molecule has 37 heavy (non-hydrogen) atoms. The highest BCUT2D eigenvalue weighted by molar-refractivity contribution is 7.22. The number of benzene rings is 2. The first kappa shape index (κ1) is 23.4. The zero-order chi connectivity index (χ0) is 25.2. The normalized spacial score (nSPS) is 15.0. The lowest BCUT2D eigenvalue weighted by atomic mass is 10.1. The Morgan fingerprint density at radius 1 is 0.892 bits per heavy atom. The highest BCUT2D eigenvalue weighted by Crippen LogP contribution is 2.35. The number of hydrogen-bond donors (Lipinski definition) is 0. The summed E-state index contributed by atoms with van der Waals surface area (Å²) in [6, 6.07) is 14.9. The van der Waals surface area contributed by atoms with E-state index in [-0.39, 0.29) is 18.4 Å². The highest BCUT2D eigenvalue weighted by Gasteiger charge is 2.28. The third-order valence-electron chi connectivity index (χ3n) is 6.31. The first-order valence-electron chi connectivity index (χ1n) is 12.0. The Kier molecular flexibility index (Phi) is 6.42. The minimum absolute atomic E-state index is 0.121. The van der Waals surface area contributed by atoms with Gasteiger partial charge in [-0.2, -0.15) is 0 Å². The first-order valence-corrected chi connectivity index (χ1v) is 12.9. The number of morpholine rings is 1. The number of carbonyl (C=O) groups is 2. The summed E-state index contributed by atoms with van der Waals surface area (Å²) in [5.74, 6) is 0.642. The van der Waals surface area contributed by atoms with Crippen molar-refractivity contribution in [2.24, 2.45) is 0 Å². The van der Waals surface area contributed by atoms with Crippen LogP contribution in [-0.2, 0) is 9.53 Å².